The van der Waals surface area contributed by atoms with E-state index in [2.05, 4.69) is 48.8 Å². The second kappa shape index (κ2) is 13.6. The molecule has 60 heavy (non-hydrogen) atoms. The van der Waals surface area contributed by atoms with Crippen LogP contribution in [0.1, 0.15) is 104 Å². The van der Waals surface area contributed by atoms with Gasteiger partial charge in [0, 0.05) is 72.5 Å². The average molecular weight is 828 g/mol. The molecule has 0 radical (unpaired) electrons. The van der Waals surface area contributed by atoms with Gasteiger partial charge >= 0.3 is 0 Å². The molecule has 1 aliphatic carbocycles. The van der Waals surface area contributed by atoms with Gasteiger partial charge in [0.15, 0.2) is 0 Å². The number of hydrogen-bond acceptors (Lipinski definition) is 9. The number of anilines is 1. The van der Waals surface area contributed by atoms with Crippen LogP contribution < -0.4 is 20.5 Å². The van der Waals surface area contributed by atoms with E-state index >= 15 is 0 Å². The van der Waals surface area contributed by atoms with Crippen LogP contribution in [0.2, 0.25) is 5.02 Å². The number of fused-ring (bicyclic) bond motifs is 11. The maximum atomic E-state index is 13.4. The standard InChI is InChI=1S/C47H50ClN7O5/c48-35-5-4-6-36-40(35)43(58)50-45-47(15-2-1-3-16-47)33-9-7-29(23-38(33)55(36)45)51-19-13-28(14-20-51)53-24-30(25-53)52-21-17-46(18-22-52)27-60-41-32-26-54(37-11-12-39(56)49-42(37)57)44(59)31(32)8-10-34(41)46/h4-10,23,28,30,37H,1-3,11-22,24-27H2,(H,49,56,57)/t37-/m1/s1. The molecule has 7 aliphatic heterocycles. The smallest absolute Gasteiger partial charge is 0.282 e. The Morgan fingerprint density at radius 1 is 0.817 bits per heavy atom. The molecule has 1 saturated carbocycles. The minimum Gasteiger partial charge on any atom is -0.492 e. The summed E-state index contributed by atoms with van der Waals surface area (Å²) in [7, 11) is 0. The number of ether oxygens (including phenoxy) is 1. The molecule has 1 N–H and O–H groups in total. The maximum absolute atomic E-state index is 13.4. The minimum absolute atomic E-state index is 0.0486. The van der Waals surface area contributed by atoms with Crippen molar-refractivity contribution in [1.29, 1.82) is 0 Å². The van der Waals surface area contributed by atoms with Crippen molar-refractivity contribution in [2.45, 2.75) is 106 Å². The number of nitrogens with zero attached hydrogens (tertiary/aromatic N) is 6. The topological polar surface area (TPSA) is 120 Å². The summed E-state index contributed by atoms with van der Waals surface area (Å²) < 4.78 is 8.70. The van der Waals surface area contributed by atoms with Crippen LogP contribution in [0.5, 0.6) is 5.75 Å². The minimum atomic E-state index is -0.626. The molecule has 3 aromatic carbocycles. The second-order valence-electron chi connectivity index (χ2n) is 18.9. The Kier molecular flexibility index (Phi) is 8.40. The van der Waals surface area contributed by atoms with Gasteiger partial charge in [0.2, 0.25) is 11.8 Å². The first-order valence-electron chi connectivity index (χ1n) is 22.2. The Bertz CT molecular complexity index is 2560. The molecule has 0 bridgehead atoms. The maximum Gasteiger partial charge on any atom is 0.282 e. The third-order valence-electron chi connectivity index (χ3n) is 16.0. The first kappa shape index (κ1) is 37.0. The summed E-state index contributed by atoms with van der Waals surface area (Å²) in [6.07, 6.45) is 10.5. The number of rotatable bonds is 4. The van der Waals surface area contributed by atoms with Crippen LogP contribution in [-0.2, 0) is 27.0 Å². The van der Waals surface area contributed by atoms with E-state index in [1.807, 2.05) is 18.2 Å². The Morgan fingerprint density at radius 3 is 2.38 bits per heavy atom. The van der Waals surface area contributed by atoms with Crippen LogP contribution in [0, 0.1) is 0 Å². The Hall–Kier alpha value is -4.78. The van der Waals surface area contributed by atoms with E-state index in [4.69, 9.17) is 21.3 Å². The molecule has 3 amide bonds. The largest absolute Gasteiger partial charge is 0.492 e. The number of halogens is 1. The number of amides is 3. The van der Waals surface area contributed by atoms with Gasteiger partial charge in [-0.15, -0.1) is 0 Å². The number of likely N-dealkylation sites (tertiary alicyclic amines) is 2. The van der Waals surface area contributed by atoms with Gasteiger partial charge in [-0.05, 0) is 93.9 Å². The van der Waals surface area contributed by atoms with Crippen molar-refractivity contribution >= 4 is 45.9 Å². The van der Waals surface area contributed by atoms with E-state index in [9.17, 15) is 19.2 Å². The molecule has 1 aromatic heterocycles. The number of piperidine rings is 3. The number of imide groups is 1. The van der Waals surface area contributed by atoms with Gasteiger partial charge in [0.05, 0.1) is 40.2 Å². The molecule has 0 unspecified atom stereocenters. The number of aromatic nitrogens is 2. The summed E-state index contributed by atoms with van der Waals surface area (Å²) in [4.78, 5) is 65.6. The van der Waals surface area contributed by atoms with Crippen molar-refractivity contribution in [3.8, 4) is 11.4 Å². The molecule has 310 valence electrons. The summed E-state index contributed by atoms with van der Waals surface area (Å²) in [5, 5.41) is 3.37. The summed E-state index contributed by atoms with van der Waals surface area (Å²) in [5.74, 6) is 0.921. The molecule has 2 spiro atoms. The van der Waals surface area contributed by atoms with E-state index in [0.717, 1.165) is 119 Å². The number of nitrogens with one attached hydrogen (secondary N) is 1. The van der Waals surface area contributed by atoms with Gasteiger partial charge in [0.1, 0.15) is 17.6 Å². The number of carbonyl (C=O) groups is 3. The van der Waals surface area contributed by atoms with Crippen molar-refractivity contribution in [3.05, 3.63) is 92.0 Å². The summed E-state index contributed by atoms with van der Waals surface area (Å²) in [5.41, 5.74) is 6.79. The molecule has 1 atom stereocenters. The van der Waals surface area contributed by atoms with Gasteiger partial charge in [-0.25, -0.2) is 0 Å². The highest BCUT2D eigenvalue weighted by Gasteiger charge is 2.50. The lowest BCUT2D eigenvalue weighted by Crippen LogP contribution is -2.65. The molecule has 4 aromatic rings. The fourth-order valence-electron chi connectivity index (χ4n) is 12.6. The molecule has 8 heterocycles. The van der Waals surface area contributed by atoms with Crippen molar-refractivity contribution < 1.29 is 19.1 Å². The predicted molar refractivity (Wildman–Crippen MR) is 227 cm³/mol. The van der Waals surface area contributed by atoms with E-state index < -0.39 is 6.04 Å². The van der Waals surface area contributed by atoms with E-state index in [0.29, 0.717) is 47.6 Å². The van der Waals surface area contributed by atoms with Crippen molar-refractivity contribution in [2.75, 3.05) is 50.8 Å². The monoisotopic (exact) mass is 827 g/mol. The zero-order chi connectivity index (χ0) is 40.5. The van der Waals surface area contributed by atoms with Gasteiger partial charge in [-0.2, -0.15) is 4.98 Å². The Labute approximate surface area is 353 Å². The third-order valence-corrected chi connectivity index (χ3v) is 16.3. The zero-order valence-corrected chi connectivity index (χ0v) is 34.6. The average Bonchev–Trinajstić information content (AvgIpc) is 3.86. The zero-order valence-electron chi connectivity index (χ0n) is 33.9. The fraction of sp³-hybridized carbons (Fsp3) is 0.511. The van der Waals surface area contributed by atoms with E-state index in [1.54, 1.807) is 11.0 Å². The van der Waals surface area contributed by atoms with Gasteiger partial charge in [0.25, 0.3) is 11.5 Å². The molecule has 12 rings (SSSR count). The summed E-state index contributed by atoms with van der Waals surface area (Å²) >= 11 is 6.62. The molecule has 8 aliphatic rings. The van der Waals surface area contributed by atoms with Crippen LogP contribution >= 0.6 is 11.6 Å². The quantitative estimate of drug-likeness (QED) is 0.268. The lowest BCUT2D eigenvalue weighted by Gasteiger charge is -2.53. The Balaban J connectivity index is 0.689. The van der Waals surface area contributed by atoms with Crippen LogP contribution in [0.3, 0.4) is 0 Å². The van der Waals surface area contributed by atoms with E-state index in [-0.39, 0.29) is 40.5 Å². The predicted octanol–water partition coefficient (Wildman–Crippen LogP) is 5.44. The molecule has 13 heteroatoms. The SMILES string of the molecule is O=C1CC[C@@H](N2Cc3c(ccc4c3OCC43CCN(C4CN(C5CCN(c6ccc7c(c6)-n6c(nc(=O)c8c(Cl)cccc86)C76CCCCC6)CC5)C4)CC3)C2=O)C(=O)N1. The lowest BCUT2D eigenvalue weighted by atomic mass is 9.70. The fourth-order valence-corrected chi connectivity index (χ4v) is 12.8. The van der Waals surface area contributed by atoms with Crippen LogP contribution in [0.25, 0.3) is 16.6 Å². The van der Waals surface area contributed by atoms with Gasteiger partial charge in [-0.3, -0.25) is 38.9 Å². The third kappa shape index (κ3) is 5.38. The summed E-state index contributed by atoms with van der Waals surface area (Å²) in [6.45, 7) is 7.32. The van der Waals surface area contributed by atoms with Crippen molar-refractivity contribution in [1.82, 2.24) is 29.6 Å². The number of carbonyl (C=O) groups excluding carboxylic acids is 3. The highest BCUT2D eigenvalue weighted by atomic mass is 35.5. The second-order valence-corrected chi connectivity index (χ2v) is 19.3. The molecule has 12 nitrogen and oxygen atoms in total. The first-order chi connectivity index (χ1) is 29.2. The molecular formula is C47H50ClN7O5. The number of benzene rings is 3. The summed E-state index contributed by atoms with van der Waals surface area (Å²) in [6, 6.07) is 17.4. The van der Waals surface area contributed by atoms with Crippen LogP contribution in [-0.4, -0.2) is 106 Å². The molecule has 5 fully saturated rings. The lowest BCUT2D eigenvalue weighted by molar-refractivity contribution is -0.136. The van der Waals surface area contributed by atoms with Gasteiger partial charge in [-0.1, -0.05) is 49.1 Å². The van der Waals surface area contributed by atoms with Crippen molar-refractivity contribution in [2.24, 2.45) is 0 Å². The highest BCUT2D eigenvalue weighted by molar-refractivity contribution is 6.35. The van der Waals surface area contributed by atoms with Crippen LogP contribution in [0.15, 0.2) is 53.3 Å². The molecule has 4 saturated heterocycles. The van der Waals surface area contributed by atoms with E-state index in [1.165, 1.54) is 23.2 Å². The normalized spacial score (nSPS) is 25.0. The molecular weight excluding hydrogens is 778 g/mol. The van der Waals surface area contributed by atoms with Gasteiger partial charge < -0.3 is 14.5 Å². The highest BCUT2D eigenvalue weighted by Crippen LogP contribution is 2.53. The Morgan fingerprint density at radius 2 is 1.60 bits per heavy atom. The number of hydrogen-bond donors (Lipinski definition) is 1. The first-order valence-corrected chi connectivity index (χ1v) is 22.6. The van der Waals surface area contributed by atoms with Crippen molar-refractivity contribution in [3.63, 3.8) is 0 Å². The van der Waals surface area contributed by atoms with Crippen LogP contribution in [0.4, 0.5) is 5.69 Å².